The Morgan fingerprint density at radius 3 is 2.81 bits per heavy atom. The number of carboxylic acids is 1. The molecule has 0 fully saturated rings. The van der Waals surface area contributed by atoms with Gasteiger partial charge in [-0.2, -0.15) is 0 Å². The Labute approximate surface area is 100 Å². The maximum atomic E-state index is 10.8. The molecule has 1 aromatic heterocycles. The van der Waals surface area contributed by atoms with Crippen LogP contribution in [0.2, 0.25) is 0 Å². The maximum absolute atomic E-state index is 10.8. The van der Waals surface area contributed by atoms with E-state index in [1.165, 1.54) is 9.75 Å². The van der Waals surface area contributed by atoms with E-state index in [9.17, 15) is 4.79 Å². The fourth-order valence-corrected chi connectivity index (χ4v) is 2.52. The molecule has 0 aliphatic heterocycles. The first-order chi connectivity index (χ1) is 7.54. The Balaban J connectivity index is 2.77. The Morgan fingerprint density at radius 1 is 1.69 bits per heavy atom. The summed E-state index contributed by atoms with van der Waals surface area (Å²) < 4.78 is 0. The number of hydrogen-bond acceptors (Lipinski definition) is 3. The second kappa shape index (κ2) is 5.82. The molecule has 0 spiro atoms. The smallest absolute Gasteiger partial charge is 0.317 e. The Morgan fingerprint density at radius 2 is 2.38 bits per heavy atom. The highest BCUT2D eigenvalue weighted by Crippen LogP contribution is 2.26. The number of carbonyl (C=O) groups is 1. The quantitative estimate of drug-likeness (QED) is 0.776. The Hall–Kier alpha value is -1.13. The monoisotopic (exact) mass is 239 g/mol. The zero-order chi connectivity index (χ0) is 12.1. The molecule has 0 saturated carbocycles. The summed E-state index contributed by atoms with van der Waals surface area (Å²) in [4.78, 5) is 15.1. The van der Waals surface area contributed by atoms with Crippen LogP contribution in [0, 0.1) is 6.92 Å². The largest absolute Gasteiger partial charge is 0.480 e. The zero-order valence-corrected chi connectivity index (χ0v) is 10.5. The molecule has 0 radical (unpaired) electrons. The highest BCUT2D eigenvalue weighted by molar-refractivity contribution is 7.12. The van der Waals surface area contributed by atoms with Gasteiger partial charge in [0.05, 0.1) is 6.54 Å². The average Bonchev–Trinajstić information content (AvgIpc) is 2.62. The van der Waals surface area contributed by atoms with Crippen molar-refractivity contribution in [2.45, 2.75) is 19.9 Å². The third-order valence-corrected chi connectivity index (χ3v) is 3.59. The predicted octanol–water partition coefficient (Wildman–Crippen LogP) is 2.69. The molecular formula is C12H17NO2S. The summed E-state index contributed by atoms with van der Waals surface area (Å²) >= 11 is 1.71. The molecule has 1 N–H and O–H groups in total. The normalized spacial score (nSPS) is 12.7. The molecule has 4 heteroatoms. The number of aryl methyl sites for hydroxylation is 1. The molecule has 16 heavy (non-hydrogen) atoms. The van der Waals surface area contributed by atoms with Gasteiger partial charge >= 0.3 is 5.97 Å². The van der Waals surface area contributed by atoms with Gasteiger partial charge in [0.2, 0.25) is 0 Å². The van der Waals surface area contributed by atoms with Crippen LogP contribution in [0.4, 0.5) is 0 Å². The fourth-order valence-electron chi connectivity index (χ4n) is 1.56. The minimum Gasteiger partial charge on any atom is -0.480 e. The number of rotatable bonds is 6. The first-order valence-corrected chi connectivity index (χ1v) is 5.99. The Bertz CT molecular complexity index is 373. The van der Waals surface area contributed by atoms with Gasteiger partial charge in [-0.25, -0.2) is 0 Å². The van der Waals surface area contributed by atoms with E-state index in [1.54, 1.807) is 17.4 Å². The van der Waals surface area contributed by atoms with Crippen LogP contribution in [0.3, 0.4) is 0 Å². The molecule has 0 saturated heterocycles. The SMILES string of the molecule is C=CCN(CC(=O)O)C(C)c1ccc(C)s1. The van der Waals surface area contributed by atoms with Crippen LogP contribution in [-0.2, 0) is 4.79 Å². The van der Waals surface area contributed by atoms with Gasteiger partial charge in [-0.05, 0) is 26.0 Å². The van der Waals surface area contributed by atoms with Crippen LogP contribution in [0.5, 0.6) is 0 Å². The van der Waals surface area contributed by atoms with Crippen LogP contribution >= 0.6 is 11.3 Å². The number of nitrogens with zero attached hydrogens (tertiary/aromatic N) is 1. The van der Waals surface area contributed by atoms with E-state index in [0.29, 0.717) is 6.54 Å². The van der Waals surface area contributed by atoms with Crippen LogP contribution in [0.15, 0.2) is 24.8 Å². The van der Waals surface area contributed by atoms with Crippen molar-refractivity contribution in [3.8, 4) is 0 Å². The van der Waals surface area contributed by atoms with E-state index in [0.717, 1.165) is 0 Å². The summed E-state index contributed by atoms with van der Waals surface area (Å²) in [5, 5.41) is 8.84. The lowest BCUT2D eigenvalue weighted by Crippen LogP contribution is -2.32. The molecule has 0 aliphatic carbocycles. The number of thiophene rings is 1. The second-order valence-corrected chi connectivity index (χ2v) is 5.06. The first-order valence-electron chi connectivity index (χ1n) is 5.17. The van der Waals surface area contributed by atoms with Gasteiger partial charge in [-0.1, -0.05) is 6.08 Å². The van der Waals surface area contributed by atoms with Crippen LogP contribution < -0.4 is 0 Å². The van der Waals surface area contributed by atoms with Crippen molar-refractivity contribution >= 4 is 17.3 Å². The summed E-state index contributed by atoms with van der Waals surface area (Å²) in [5.41, 5.74) is 0. The molecule has 0 aromatic carbocycles. The standard InChI is InChI=1S/C12H17NO2S/c1-4-7-13(8-12(14)15)10(3)11-6-5-9(2)16-11/h4-6,10H,1,7-8H2,2-3H3,(H,14,15). The summed E-state index contributed by atoms with van der Waals surface area (Å²) in [5.74, 6) is -0.804. The van der Waals surface area contributed by atoms with E-state index < -0.39 is 5.97 Å². The molecule has 3 nitrogen and oxygen atoms in total. The molecule has 1 unspecified atom stereocenters. The highest BCUT2D eigenvalue weighted by Gasteiger charge is 2.18. The summed E-state index contributed by atoms with van der Waals surface area (Å²) in [7, 11) is 0. The molecule has 1 heterocycles. The Kier molecular flexibility index (Phi) is 4.71. The lowest BCUT2D eigenvalue weighted by Gasteiger charge is -2.25. The van der Waals surface area contributed by atoms with E-state index in [2.05, 4.69) is 25.6 Å². The molecule has 88 valence electrons. The van der Waals surface area contributed by atoms with Gasteiger partial charge in [0.1, 0.15) is 0 Å². The van der Waals surface area contributed by atoms with Gasteiger partial charge in [-0.15, -0.1) is 17.9 Å². The van der Waals surface area contributed by atoms with E-state index in [1.807, 2.05) is 11.8 Å². The molecule has 1 atom stereocenters. The van der Waals surface area contributed by atoms with Crippen molar-refractivity contribution < 1.29 is 9.90 Å². The van der Waals surface area contributed by atoms with Crippen molar-refractivity contribution in [3.63, 3.8) is 0 Å². The topological polar surface area (TPSA) is 40.5 Å². The predicted molar refractivity (Wildman–Crippen MR) is 66.9 cm³/mol. The molecule has 0 bridgehead atoms. The van der Waals surface area contributed by atoms with Crippen LogP contribution in [0.25, 0.3) is 0 Å². The van der Waals surface area contributed by atoms with Crippen molar-refractivity contribution in [3.05, 3.63) is 34.5 Å². The van der Waals surface area contributed by atoms with E-state index >= 15 is 0 Å². The number of aliphatic carboxylic acids is 1. The van der Waals surface area contributed by atoms with E-state index in [4.69, 9.17) is 5.11 Å². The van der Waals surface area contributed by atoms with Gasteiger partial charge in [-0.3, -0.25) is 9.69 Å². The summed E-state index contributed by atoms with van der Waals surface area (Å²) in [6.45, 7) is 8.37. The number of hydrogen-bond donors (Lipinski definition) is 1. The molecule has 0 aliphatic rings. The lowest BCUT2D eigenvalue weighted by molar-refractivity contribution is -0.138. The van der Waals surface area contributed by atoms with Gasteiger partial charge < -0.3 is 5.11 Å². The minimum absolute atomic E-state index is 0.0458. The van der Waals surface area contributed by atoms with Gasteiger partial charge in [0.25, 0.3) is 0 Å². The van der Waals surface area contributed by atoms with Gasteiger partial charge in [0, 0.05) is 22.3 Å². The third-order valence-electron chi connectivity index (χ3n) is 2.42. The van der Waals surface area contributed by atoms with Crippen LogP contribution in [0.1, 0.15) is 22.7 Å². The van der Waals surface area contributed by atoms with Crippen molar-refractivity contribution in [2.24, 2.45) is 0 Å². The molecule has 0 amide bonds. The minimum atomic E-state index is -0.804. The van der Waals surface area contributed by atoms with Crippen molar-refractivity contribution in [1.29, 1.82) is 0 Å². The van der Waals surface area contributed by atoms with Crippen molar-refractivity contribution in [1.82, 2.24) is 4.90 Å². The van der Waals surface area contributed by atoms with E-state index in [-0.39, 0.29) is 12.6 Å². The lowest BCUT2D eigenvalue weighted by atomic mass is 10.2. The first kappa shape index (κ1) is 12.9. The maximum Gasteiger partial charge on any atom is 0.317 e. The summed E-state index contributed by atoms with van der Waals surface area (Å²) in [6, 6.07) is 4.24. The average molecular weight is 239 g/mol. The molecule has 1 rings (SSSR count). The van der Waals surface area contributed by atoms with Crippen molar-refractivity contribution in [2.75, 3.05) is 13.1 Å². The molecule has 1 aromatic rings. The van der Waals surface area contributed by atoms with Gasteiger partial charge in [0.15, 0.2) is 0 Å². The third kappa shape index (κ3) is 3.47. The van der Waals surface area contributed by atoms with Crippen LogP contribution in [-0.4, -0.2) is 29.1 Å². The molecular weight excluding hydrogens is 222 g/mol. The highest BCUT2D eigenvalue weighted by atomic mass is 32.1. The second-order valence-electron chi connectivity index (χ2n) is 3.74. The summed E-state index contributed by atoms with van der Waals surface area (Å²) in [6.07, 6.45) is 1.74. The fraction of sp³-hybridized carbons (Fsp3) is 0.417. The number of carboxylic acid groups (broad SMARTS) is 1. The zero-order valence-electron chi connectivity index (χ0n) is 9.64.